The molecular formula is C17H27N3O2. The fourth-order valence-electron chi connectivity index (χ4n) is 2.86. The smallest absolute Gasteiger partial charge is 0.321 e. The van der Waals surface area contributed by atoms with Crippen LogP contribution in [0.25, 0.3) is 0 Å². The number of carbonyl (C=O) groups excluding carboxylic acids is 1. The van der Waals surface area contributed by atoms with Crippen LogP contribution in [0.5, 0.6) is 0 Å². The molecule has 1 fully saturated rings. The van der Waals surface area contributed by atoms with E-state index in [1.54, 1.807) is 4.90 Å². The van der Waals surface area contributed by atoms with Crippen molar-refractivity contribution in [1.82, 2.24) is 4.90 Å². The third kappa shape index (κ3) is 4.13. The molecule has 2 rings (SSSR count). The molecule has 122 valence electrons. The molecule has 2 unspecified atom stereocenters. The van der Waals surface area contributed by atoms with Gasteiger partial charge >= 0.3 is 6.03 Å². The molecule has 0 radical (unpaired) electrons. The van der Waals surface area contributed by atoms with Crippen molar-refractivity contribution in [2.24, 2.45) is 0 Å². The van der Waals surface area contributed by atoms with Gasteiger partial charge in [-0.05, 0) is 52.0 Å². The van der Waals surface area contributed by atoms with Gasteiger partial charge in [-0.3, -0.25) is 0 Å². The van der Waals surface area contributed by atoms with Gasteiger partial charge in [0.05, 0.1) is 12.2 Å². The fourth-order valence-corrected chi connectivity index (χ4v) is 2.86. The van der Waals surface area contributed by atoms with Crippen LogP contribution < -0.4 is 10.2 Å². The van der Waals surface area contributed by atoms with Gasteiger partial charge in [0, 0.05) is 37.6 Å². The van der Waals surface area contributed by atoms with Gasteiger partial charge in [0.25, 0.3) is 0 Å². The van der Waals surface area contributed by atoms with Crippen LogP contribution in [-0.2, 0) is 4.74 Å². The average molecular weight is 305 g/mol. The molecule has 2 atom stereocenters. The highest BCUT2D eigenvalue weighted by atomic mass is 16.5. The third-order valence-corrected chi connectivity index (χ3v) is 3.95. The Balaban J connectivity index is 1.99. The molecule has 0 aromatic heterocycles. The maximum absolute atomic E-state index is 12.0. The van der Waals surface area contributed by atoms with Crippen molar-refractivity contribution in [2.75, 3.05) is 36.4 Å². The zero-order valence-electron chi connectivity index (χ0n) is 14.0. The van der Waals surface area contributed by atoms with Crippen molar-refractivity contribution in [1.29, 1.82) is 0 Å². The molecule has 1 aromatic carbocycles. The highest BCUT2D eigenvalue weighted by Gasteiger charge is 2.22. The number of ether oxygens (including phenoxy) is 1. The minimum atomic E-state index is -0.0497. The van der Waals surface area contributed by atoms with Crippen LogP contribution in [0.2, 0.25) is 0 Å². The van der Waals surface area contributed by atoms with Crippen LogP contribution in [0.1, 0.15) is 27.7 Å². The zero-order valence-corrected chi connectivity index (χ0v) is 14.0. The molecule has 5 heteroatoms. The Morgan fingerprint density at radius 1 is 1.18 bits per heavy atom. The number of hydrogen-bond donors (Lipinski definition) is 1. The molecule has 0 aliphatic carbocycles. The van der Waals surface area contributed by atoms with Crippen molar-refractivity contribution in [3.63, 3.8) is 0 Å². The second-order valence-corrected chi connectivity index (χ2v) is 5.81. The summed E-state index contributed by atoms with van der Waals surface area (Å²) >= 11 is 0. The summed E-state index contributed by atoms with van der Waals surface area (Å²) in [5, 5.41) is 2.94. The van der Waals surface area contributed by atoms with E-state index in [1.165, 1.54) is 5.69 Å². The first-order chi connectivity index (χ1) is 10.5. The molecule has 1 aliphatic heterocycles. The Kier molecular flexibility index (Phi) is 5.66. The SMILES string of the molecule is CCN(CC)C(=O)Nc1ccc(N2CC(C)OC(C)C2)cc1. The molecule has 5 nitrogen and oxygen atoms in total. The first kappa shape index (κ1) is 16.6. The van der Waals surface area contributed by atoms with E-state index >= 15 is 0 Å². The molecule has 1 heterocycles. The second-order valence-electron chi connectivity index (χ2n) is 5.81. The van der Waals surface area contributed by atoms with Gasteiger partial charge in [-0.15, -0.1) is 0 Å². The number of hydrogen-bond acceptors (Lipinski definition) is 3. The number of nitrogens with one attached hydrogen (secondary N) is 1. The largest absolute Gasteiger partial charge is 0.372 e. The van der Waals surface area contributed by atoms with Gasteiger partial charge in [0.1, 0.15) is 0 Å². The van der Waals surface area contributed by atoms with Gasteiger partial charge in [0.15, 0.2) is 0 Å². The highest BCUT2D eigenvalue weighted by molar-refractivity contribution is 5.89. The van der Waals surface area contributed by atoms with E-state index in [4.69, 9.17) is 4.74 Å². The maximum Gasteiger partial charge on any atom is 0.321 e. The number of amides is 2. The summed E-state index contributed by atoms with van der Waals surface area (Å²) in [5.74, 6) is 0. The quantitative estimate of drug-likeness (QED) is 0.929. The first-order valence-corrected chi connectivity index (χ1v) is 8.09. The number of anilines is 2. The molecule has 0 saturated carbocycles. The topological polar surface area (TPSA) is 44.8 Å². The van der Waals surface area contributed by atoms with E-state index in [2.05, 4.69) is 36.2 Å². The van der Waals surface area contributed by atoms with E-state index in [1.807, 2.05) is 26.0 Å². The van der Waals surface area contributed by atoms with E-state index in [0.717, 1.165) is 18.8 Å². The lowest BCUT2D eigenvalue weighted by atomic mass is 10.2. The predicted molar refractivity (Wildman–Crippen MR) is 90.6 cm³/mol. The Bertz CT molecular complexity index is 475. The van der Waals surface area contributed by atoms with Gasteiger partial charge in [0.2, 0.25) is 0 Å². The lowest BCUT2D eigenvalue weighted by molar-refractivity contribution is -0.00521. The Morgan fingerprint density at radius 2 is 1.73 bits per heavy atom. The zero-order chi connectivity index (χ0) is 16.1. The Hall–Kier alpha value is -1.75. The molecule has 0 spiro atoms. The van der Waals surface area contributed by atoms with Crippen molar-refractivity contribution < 1.29 is 9.53 Å². The summed E-state index contributed by atoms with van der Waals surface area (Å²) in [6.07, 6.45) is 0.483. The van der Waals surface area contributed by atoms with E-state index in [9.17, 15) is 4.79 Å². The van der Waals surface area contributed by atoms with E-state index in [0.29, 0.717) is 13.1 Å². The standard InChI is InChI=1S/C17H27N3O2/c1-5-19(6-2)17(21)18-15-7-9-16(10-8-15)20-11-13(3)22-14(4)12-20/h7-10,13-14H,5-6,11-12H2,1-4H3,(H,18,21). The monoisotopic (exact) mass is 305 g/mol. The summed E-state index contributed by atoms with van der Waals surface area (Å²) < 4.78 is 5.76. The van der Waals surface area contributed by atoms with Crippen LogP contribution in [0.4, 0.5) is 16.2 Å². The Morgan fingerprint density at radius 3 is 2.23 bits per heavy atom. The molecule has 1 N–H and O–H groups in total. The minimum Gasteiger partial charge on any atom is -0.372 e. The van der Waals surface area contributed by atoms with Gasteiger partial charge in [-0.1, -0.05) is 0 Å². The number of rotatable bonds is 4. The molecular weight excluding hydrogens is 278 g/mol. The molecule has 1 saturated heterocycles. The van der Waals surface area contributed by atoms with Gasteiger partial charge < -0.3 is 19.9 Å². The van der Waals surface area contributed by atoms with Crippen molar-refractivity contribution in [3.8, 4) is 0 Å². The van der Waals surface area contributed by atoms with E-state index < -0.39 is 0 Å². The van der Waals surface area contributed by atoms with Crippen molar-refractivity contribution in [2.45, 2.75) is 39.9 Å². The average Bonchev–Trinajstić information content (AvgIpc) is 2.48. The highest BCUT2D eigenvalue weighted by Crippen LogP contribution is 2.22. The molecule has 22 heavy (non-hydrogen) atoms. The van der Waals surface area contributed by atoms with Crippen LogP contribution in [0.15, 0.2) is 24.3 Å². The van der Waals surface area contributed by atoms with Gasteiger partial charge in [-0.2, -0.15) is 0 Å². The van der Waals surface area contributed by atoms with E-state index in [-0.39, 0.29) is 18.2 Å². The van der Waals surface area contributed by atoms with Crippen LogP contribution in [-0.4, -0.2) is 49.3 Å². The first-order valence-electron chi connectivity index (χ1n) is 8.09. The minimum absolute atomic E-state index is 0.0497. The Labute approximate surface area is 133 Å². The van der Waals surface area contributed by atoms with Crippen molar-refractivity contribution >= 4 is 17.4 Å². The predicted octanol–water partition coefficient (Wildman–Crippen LogP) is 3.17. The number of morpholine rings is 1. The molecule has 2 amide bonds. The molecule has 0 bridgehead atoms. The number of carbonyl (C=O) groups is 1. The summed E-state index contributed by atoms with van der Waals surface area (Å²) in [6, 6.07) is 7.99. The number of urea groups is 1. The van der Waals surface area contributed by atoms with Crippen LogP contribution >= 0.6 is 0 Å². The maximum atomic E-state index is 12.0. The molecule has 1 aromatic rings. The summed E-state index contributed by atoms with van der Waals surface area (Å²) in [4.78, 5) is 16.1. The second kappa shape index (κ2) is 7.49. The summed E-state index contributed by atoms with van der Waals surface area (Å²) in [6.45, 7) is 11.4. The van der Waals surface area contributed by atoms with Crippen molar-refractivity contribution in [3.05, 3.63) is 24.3 Å². The van der Waals surface area contributed by atoms with Crippen LogP contribution in [0.3, 0.4) is 0 Å². The fraction of sp³-hybridized carbons (Fsp3) is 0.588. The van der Waals surface area contributed by atoms with Gasteiger partial charge in [-0.25, -0.2) is 4.79 Å². The summed E-state index contributed by atoms with van der Waals surface area (Å²) in [5.41, 5.74) is 2.00. The third-order valence-electron chi connectivity index (χ3n) is 3.95. The summed E-state index contributed by atoms with van der Waals surface area (Å²) in [7, 11) is 0. The molecule has 1 aliphatic rings. The number of benzene rings is 1. The van der Waals surface area contributed by atoms with Crippen LogP contribution in [0, 0.1) is 0 Å². The lowest BCUT2D eigenvalue weighted by Crippen LogP contribution is -2.45. The normalized spacial score (nSPS) is 21.5. The lowest BCUT2D eigenvalue weighted by Gasteiger charge is -2.36. The number of nitrogens with zero attached hydrogens (tertiary/aromatic N) is 2.